The zero-order valence-corrected chi connectivity index (χ0v) is 17.9. The normalized spacial score (nSPS) is 14.8. The minimum absolute atomic E-state index is 0.145. The number of aryl methyl sites for hydroxylation is 2. The molecular weight excluding hydrogens is 402 g/mol. The van der Waals surface area contributed by atoms with E-state index >= 15 is 0 Å². The van der Waals surface area contributed by atoms with Gasteiger partial charge in [-0.05, 0) is 72.0 Å². The van der Waals surface area contributed by atoms with E-state index in [0.717, 1.165) is 29.5 Å². The second kappa shape index (κ2) is 8.13. The molecule has 4 rings (SSSR count). The van der Waals surface area contributed by atoms with E-state index in [4.69, 9.17) is 0 Å². The number of rotatable bonds is 5. The summed E-state index contributed by atoms with van der Waals surface area (Å²) in [7, 11) is -3.37. The Hall–Kier alpha value is -2.44. The molecule has 1 heterocycles. The zero-order valence-electron chi connectivity index (χ0n) is 16.2. The summed E-state index contributed by atoms with van der Waals surface area (Å²) in [5, 5.41) is 5.11. The van der Waals surface area contributed by atoms with Crippen LogP contribution in [0.2, 0.25) is 0 Å². The first kappa shape index (κ1) is 19.9. The van der Waals surface area contributed by atoms with E-state index < -0.39 is 9.84 Å². The Morgan fingerprint density at radius 2 is 1.79 bits per heavy atom. The first-order valence-corrected chi connectivity index (χ1v) is 12.4. The maximum absolute atomic E-state index is 13.0. The van der Waals surface area contributed by atoms with Gasteiger partial charge in [0.25, 0.3) is 5.91 Å². The SMILES string of the molecule is CS(=O)(=O)c1cccc(C(=O)NC(c2ccc3c(c2)CCCC3)c2cccs2)c1. The van der Waals surface area contributed by atoms with Gasteiger partial charge in [-0.2, -0.15) is 0 Å². The summed E-state index contributed by atoms with van der Waals surface area (Å²) in [4.78, 5) is 14.2. The summed E-state index contributed by atoms with van der Waals surface area (Å²) < 4.78 is 23.7. The fraction of sp³-hybridized carbons (Fsp3) is 0.261. The predicted molar refractivity (Wildman–Crippen MR) is 116 cm³/mol. The smallest absolute Gasteiger partial charge is 0.252 e. The lowest BCUT2D eigenvalue weighted by molar-refractivity contribution is 0.0943. The van der Waals surface area contributed by atoms with E-state index in [1.807, 2.05) is 17.5 Å². The van der Waals surface area contributed by atoms with Crippen molar-refractivity contribution >= 4 is 27.1 Å². The molecule has 0 spiro atoms. The average Bonchev–Trinajstić information content (AvgIpc) is 3.25. The first-order valence-electron chi connectivity index (χ1n) is 9.68. The summed E-state index contributed by atoms with van der Waals surface area (Å²) in [6.45, 7) is 0. The number of carbonyl (C=O) groups is 1. The van der Waals surface area contributed by atoms with Crippen LogP contribution in [0.4, 0.5) is 0 Å². The van der Waals surface area contributed by atoms with E-state index in [9.17, 15) is 13.2 Å². The van der Waals surface area contributed by atoms with Crippen LogP contribution in [0.25, 0.3) is 0 Å². The lowest BCUT2D eigenvalue weighted by Gasteiger charge is -2.22. The molecule has 0 bridgehead atoms. The fourth-order valence-electron chi connectivity index (χ4n) is 3.79. The Morgan fingerprint density at radius 3 is 2.52 bits per heavy atom. The summed E-state index contributed by atoms with van der Waals surface area (Å²) >= 11 is 1.60. The lowest BCUT2D eigenvalue weighted by Crippen LogP contribution is -2.29. The van der Waals surface area contributed by atoms with Crippen LogP contribution in [-0.2, 0) is 22.7 Å². The molecule has 29 heavy (non-hydrogen) atoms. The number of benzene rings is 2. The second-order valence-electron chi connectivity index (χ2n) is 7.46. The fourth-order valence-corrected chi connectivity index (χ4v) is 5.26. The molecule has 150 valence electrons. The van der Waals surface area contributed by atoms with Crippen LogP contribution in [-0.4, -0.2) is 20.6 Å². The molecule has 0 radical (unpaired) electrons. The third-order valence-corrected chi connectivity index (χ3v) is 7.38. The molecule has 1 amide bonds. The molecule has 1 N–H and O–H groups in total. The van der Waals surface area contributed by atoms with Gasteiger partial charge < -0.3 is 5.32 Å². The Kier molecular flexibility index (Phi) is 5.56. The van der Waals surface area contributed by atoms with Crippen LogP contribution in [0.3, 0.4) is 0 Å². The van der Waals surface area contributed by atoms with Crippen molar-refractivity contribution in [3.8, 4) is 0 Å². The molecule has 1 atom stereocenters. The first-order chi connectivity index (χ1) is 13.9. The third-order valence-electron chi connectivity index (χ3n) is 5.33. The van der Waals surface area contributed by atoms with Crippen molar-refractivity contribution in [2.45, 2.75) is 36.6 Å². The highest BCUT2D eigenvalue weighted by molar-refractivity contribution is 7.90. The Balaban J connectivity index is 1.66. The number of nitrogens with one attached hydrogen (secondary N) is 1. The molecule has 1 aliphatic rings. The van der Waals surface area contributed by atoms with Crippen molar-refractivity contribution in [2.24, 2.45) is 0 Å². The van der Waals surface area contributed by atoms with Gasteiger partial charge in [0.1, 0.15) is 0 Å². The third kappa shape index (κ3) is 4.43. The second-order valence-corrected chi connectivity index (χ2v) is 10.5. The largest absolute Gasteiger partial charge is 0.340 e. The van der Waals surface area contributed by atoms with Gasteiger partial charge in [0.05, 0.1) is 10.9 Å². The van der Waals surface area contributed by atoms with Gasteiger partial charge in [0, 0.05) is 16.7 Å². The van der Waals surface area contributed by atoms with Crippen molar-refractivity contribution in [3.63, 3.8) is 0 Å². The van der Waals surface area contributed by atoms with E-state index in [-0.39, 0.29) is 16.8 Å². The topological polar surface area (TPSA) is 63.2 Å². The van der Waals surface area contributed by atoms with Crippen LogP contribution in [0, 0.1) is 0 Å². The molecule has 4 nitrogen and oxygen atoms in total. The Bertz CT molecular complexity index is 1130. The highest BCUT2D eigenvalue weighted by Crippen LogP contribution is 2.30. The molecule has 2 aromatic carbocycles. The van der Waals surface area contributed by atoms with E-state index in [1.165, 1.54) is 36.1 Å². The van der Waals surface area contributed by atoms with Gasteiger partial charge >= 0.3 is 0 Å². The summed E-state index contributed by atoms with van der Waals surface area (Å²) in [6.07, 6.45) is 5.76. The van der Waals surface area contributed by atoms with Crippen LogP contribution < -0.4 is 5.32 Å². The number of hydrogen-bond acceptors (Lipinski definition) is 4. The van der Waals surface area contributed by atoms with Gasteiger partial charge in [-0.25, -0.2) is 8.42 Å². The number of hydrogen-bond donors (Lipinski definition) is 1. The van der Waals surface area contributed by atoms with E-state index in [0.29, 0.717) is 5.56 Å². The van der Waals surface area contributed by atoms with Crippen molar-refractivity contribution in [3.05, 3.63) is 87.1 Å². The van der Waals surface area contributed by atoms with Crippen LogP contribution in [0.1, 0.15) is 50.8 Å². The molecule has 6 heteroatoms. The van der Waals surface area contributed by atoms with E-state index in [1.54, 1.807) is 23.5 Å². The molecular formula is C23H23NO3S2. The van der Waals surface area contributed by atoms with Crippen molar-refractivity contribution < 1.29 is 13.2 Å². The van der Waals surface area contributed by atoms with Gasteiger partial charge in [-0.15, -0.1) is 11.3 Å². The van der Waals surface area contributed by atoms with Gasteiger partial charge in [-0.1, -0.05) is 30.3 Å². The number of sulfone groups is 1. The monoisotopic (exact) mass is 425 g/mol. The number of fused-ring (bicyclic) bond motifs is 1. The number of amides is 1. The highest BCUT2D eigenvalue weighted by atomic mass is 32.2. The maximum Gasteiger partial charge on any atom is 0.252 e. The van der Waals surface area contributed by atoms with Gasteiger partial charge in [0.2, 0.25) is 0 Å². The van der Waals surface area contributed by atoms with Crippen LogP contribution in [0.15, 0.2) is 64.9 Å². The van der Waals surface area contributed by atoms with Crippen molar-refractivity contribution in [2.75, 3.05) is 6.26 Å². The molecule has 1 unspecified atom stereocenters. The Morgan fingerprint density at radius 1 is 1.00 bits per heavy atom. The van der Waals surface area contributed by atoms with Crippen molar-refractivity contribution in [1.82, 2.24) is 5.32 Å². The zero-order chi connectivity index (χ0) is 20.4. The molecule has 0 aliphatic heterocycles. The molecule has 1 aliphatic carbocycles. The molecule has 0 fully saturated rings. The molecule has 0 saturated heterocycles. The van der Waals surface area contributed by atoms with E-state index in [2.05, 4.69) is 23.5 Å². The summed E-state index contributed by atoms with van der Waals surface area (Å²) in [5.74, 6) is -0.286. The average molecular weight is 426 g/mol. The predicted octanol–water partition coefficient (Wildman–Crippen LogP) is 4.55. The Labute approximate surface area is 175 Å². The van der Waals surface area contributed by atoms with Gasteiger partial charge in [0.15, 0.2) is 9.84 Å². The maximum atomic E-state index is 13.0. The minimum Gasteiger partial charge on any atom is -0.340 e. The van der Waals surface area contributed by atoms with Crippen LogP contribution in [0.5, 0.6) is 0 Å². The van der Waals surface area contributed by atoms with Crippen LogP contribution >= 0.6 is 11.3 Å². The quantitative estimate of drug-likeness (QED) is 0.652. The summed E-state index contributed by atoms with van der Waals surface area (Å²) in [6, 6.07) is 16.4. The standard InChI is InChI=1S/C23H23NO3S2/c1-29(26,27)20-9-4-8-19(15-20)23(25)24-22(21-10-5-13-28-21)18-12-11-16-6-2-3-7-17(16)14-18/h4-5,8-15,22H,2-3,6-7H2,1H3,(H,24,25). The van der Waals surface area contributed by atoms with Crippen molar-refractivity contribution in [1.29, 1.82) is 0 Å². The summed E-state index contributed by atoms with van der Waals surface area (Å²) in [5.41, 5.74) is 4.16. The molecule has 1 aromatic heterocycles. The molecule has 3 aromatic rings. The number of carbonyl (C=O) groups excluding carboxylic acids is 1. The lowest BCUT2D eigenvalue weighted by atomic mass is 9.89. The highest BCUT2D eigenvalue weighted by Gasteiger charge is 2.21. The number of thiophene rings is 1. The minimum atomic E-state index is -3.37. The molecule has 0 saturated carbocycles. The van der Waals surface area contributed by atoms with Gasteiger partial charge in [-0.3, -0.25) is 4.79 Å².